The lowest BCUT2D eigenvalue weighted by Gasteiger charge is -1.94. The lowest BCUT2D eigenvalue weighted by Crippen LogP contribution is -1.95. The van der Waals surface area contributed by atoms with Crippen LogP contribution in [-0.4, -0.2) is 21.2 Å². The third-order valence-electron chi connectivity index (χ3n) is 1.50. The standard InChI is InChI=1S/C10H12N2O/c1-3-9-6-10(12-7-11-9)5-4-8(2)13/h6-8,13H,3H2,1-2H3. The van der Waals surface area contributed by atoms with Crippen LogP contribution in [0, 0.1) is 11.8 Å². The van der Waals surface area contributed by atoms with E-state index < -0.39 is 6.10 Å². The average Bonchev–Trinajstić information content (AvgIpc) is 2.15. The van der Waals surface area contributed by atoms with Gasteiger partial charge in [-0.1, -0.05) is 12.8 Å². The highest BCUT2D eigenvalue weighted by atomic mass is 16.3. The summed E-state index contributed by atoms with van der Waals surface area (Å²) in [5.41, 5.74) is 1.62. The van der Waals surface area contributed by atoms with Crippen LogP contribution in [0.25, 0.3) is 0 Å². The van der Waals surface area contributed by atoms with E-state index in [9.17, 15) is 0 Å². The number of aryl methyl sites for hydroxylation is 1. The summed E-state index contributed by atoms with van der Waals surface area (Å²) in [5, 5.41) is 8.92. The molecular weight excluding hydrogens is 164 g/mol. The van der Waals surface area contributed by atoms with Gasteiger partial charge in [-0.05, 0) is 25.3 Å². The van der Waals surface area contributed by atoms with Crippen molar-refractivity contribution in [1.29, 1.82) is 0 Å². The smallest absolute Gasteiger partial charge is 0.117 e. The van der Waals surface area contributed by atoms with Gasteiger partial charge in [0, 0.05) is 5.69 Å². The lowest BCUT2D eigenvalue weighted by molar-refractivity contribution is 0.253. The predicted molar refractivity (Wildman–Crippen MR) is 50.0 cm³/mol. The fourth-order valence-electron chi connectivity index (χ4n) is 0.838. The van der Waals surface area contributed by atoms with Crippen LogP contribution in [0.4, 0.5) is 0 Å². The third kappa shape index (κ3) is 3.22. The van der Waals surface area contributed by atoms with Crippen molar-refractivity contribution < 1.29 is 5.11 Å². The van der Waals surface area contributed by atoms with E-state index in [0.717, 1.165) is 12.1 Å². The molecule has 0 spiro atoms. The number of hydrogen-bond donors (Lipinski definition) is 1. The van der Waals surface area contributed by atoms with Crippen LogP contribution in [0.15, 0.2) is 12.4 Å². The van der Waals surface area contributed by atoms with Crippen LogP contribution in [0.3, 0.4) is 0 Å². The quantitative estimate of drug-likeness (QED) is 0.643. The molecule has 0 radical (unpaired) electrons. The molecule has 1 atom stereocenters. The molecule has 1 unspecified atom stereocenters. The maximum atomic E-state index is 8.92. The number of rotatable bonds is 1. The van der Waals surface area contributed by atoms with Crippen molar-refractivity contribution in [2.24, 2.45) is 0 Å². The minimum atomic E-state index is -0.611. The summed E-state index contributed by atoms with van der Waals surface area (Å²) in [6, 6.07) is 1.83. The van der Waals surface area contributed by atoms with Crippen molar-refractivity contribution >= 4 is 0 Å². The van der Waals surface area contributed by atoms with Gasteiger partial charge in [-0.15, -0.1) is 0 Å². The molecule has 3 heteroatoms. The van der Waals surface area contributed by atoms with Gasteiger partial charge in [0.15, 0.2) is 0 Å². The fraction of sp³-hybridized carbons (Fsp3) is 0.400. The first-order valence-corrected chi connectivity index (χ1v) is 4.23. The second kappa shape index (κ2) is 4.58. The Labute approximate surface area is 77.9 Å². The van der Waals surface area contributed by atoms with Crippen LogP contribution in [0.5, 0.6) is 0 Å². The largest absolute Gasteiger partial charge is 0.381 e. The van der Waals surface area contributed by atoms with Crippen molar-refractivity contribution in [2.45, 2.75) is 26.4 Å². The van der Waals surface area contributed by atoms with Gasteiger partial charge in [0.1, 0.15) is 18.1 Å². The van der Waals surface area contributed by atoms with Gasteiger partial charge in [-0.25, -0.2) is 9.97 Å². The molecule has 0 fully saturated rings. The summed E-state index contributed by atoms with van der Waals surface area (Å²) in [4.78, 5) is 8.01. The summed E-state index contributed by atoms with van der Waals surface area (Å²) in [5.74, 6) is 5.40. The van der Waals surface area contributed by atoms with Crippen molar-refractivity contribution in [2.75, 3.05) is 0 Å². The van der Waals surface area contributed by atoms with Gasteiger partial charge < -0.3 is 5.11 Å². The Kier molecular flexibility index (Phi) is 3.41. The van der Waals surface area contributed by atoms with E-state index in [1.165, 1.54) is 6.33 Å². The van der Waals surface area contributed by atoms with Crippen LogP contribution in [0.2, 0.25) is 0 Å². The Morgan fingerprint density at radius 3 is 2.92 bits per heavy atom. The normalized spacial score (nSPS) is 11.6. The van der Waals surface area contributed by atoms with E-state index in [2.05, 4.69) is 21.8 Å². The molecule has 3 nitrogen and oxygen atoms in total. The van der Waals surface area contributed by atoms with Crippen LogP contribution >= 0.6 is 0 Å². The highest BCUT2D eigenvalue weighted by Gasteiger charge is 1.93. The van der Waals surface area contributed by atoms with Gasteiger partial charge in [-0.3, -0.25) is 0 Å². The van der Waals surface area contributed by atoms with Crippen LogP contribution in [-0.2, 0) is 6.42 Å². The molecule has 1 N–H and O–H groups in total. The molecule has 0 amide bonds. The van der Waals surface area contributed by atoms with E-state index in [0.29, 0.717) is 5.69 Å². The third-order valence-corrected chi connectivity index (χ3v) is 1.50. The Morgan fingerprint density at radius 1 is 1.54 bits per heavy atom. The highest BCUT2D eigenvalue weighted by molar-refractivity contribution is 5.28. The van der Waals surface area contributed by atoms with Crippen molar-refractivity contribution in [3.8, 4) is 11.8 Å². The van der Waals surface area contributed by atoms with Crippen LogP contribution < -0.4 is 0 Å². The second-order valence-corrected chi connectivity index (χ2v) is 2.69. The first-order chi connectivity index (χ1) is 6.22. The molecule has 1 aromatic heterocycles. The summed E-state index contributed by atoms with van der Waals surface area (Å²) in [7, 11) is 0. The van der Waals surface area contributed by atoms with Gasteiger partial charge in [-0.2, -0.15) is 0 Å². The zero-order valence-electron chi connectivity index (χ0n) is 7.78. The van der Waals surface area contributed by atoms with E-state index in [1.807, 2.05) is 13.0 Å². The minimum absolute atomic E-state index is 0.611. The molecule has 0 saturated carbocycles. The molecule has 0 bridgehead atoms. The zero-order chi connectivity index (χ0) is 9.68. The molecular formula is C10H12N2O. The molecule has 68 valence electrons. The molecule has 0 aliphatic carbocycles. The maximum Gasteiger partial charge on any atom is 0.117 e. The predicted octanol–water partition coefficient (Wildman–Crippen LogP) is 0.771. The summed E-state index contributed by atoms with van der Waals surface area (Å²) >= 11 is 0. The molecule has 0 aliphatic rings. The molecule has 0 saturated heterocycles. The van der Waals surface area contributed by atoms with Gasteiger partial charge in [0.25, 0.3) is 0 Å². The van der Waals surface area contributed by atoms with Gasteiger partial charge in [0.2, 0.25) is 0 Å². The van der Waals surface area contributed by atoms with Crippen molar-refractivity contribution in [3.05, 3.63) is 23.8 Å². The number of nitrogens with zero attached hydrogens (tertiary/aromatic N) is 2. The topological polar surface area (TPSA) is 46.0 Å². The van der Waals surface area contributed by atoms with Gasteiger partial charge >= 0.3 is 0 Å². The Morgan fingerprint density at radius 2 is 2.31 bits per heavy atom. The summed E-state index contributed by atoms with van der Waals surface area (Å²) < 4.78 is 0. The maximum absolute atomic E-state index is 8.92. The lowest BCUT2D eigenvalue weighted by atomic mass is 10.2. The van der Waals surface area contributed by atoms with Crippen LogP contribution in [0.1, 0.15) is 25.2 Å². The highest BCUT2D eigenvalue weighted by Crippen LogP contribution is 1.96. The number of aromatic nitrogens is 2. The molecule has 1 heterocycles. The molecule has 1 rings (SSSR count). The number of aliphatic hydroxyl groups excluding tert-OH is 1. The first-order valence-electron chi connectivity index (χ1n) is 4.23. The summed E-state index contributed by atoms with van der Waals surface area (Å²) in [6.45, 7) is 3.64. The Hall–Kier alpha value is -1.40. The molecule has 0 aromatic carbocycles. The number of hydrogen-bond acceptors (Lipinski definition) is 3. The fourth-order valence-corrected chi connectivity index (χ4v) is 0.838. The second-order valence-electron chi connectivity index (χ2n) is 2.69. The first kappa shape index (κ1) is 9.69. The Bertz CT molecular complexity index is 336. The monoisotopic (exact) mass is 176 g/mol. The average molecular weight is 176 g/mol. The van der Waals surface area contributed by atoms with Crippen molar-refractivity contribution in [1.82, 2.24) is 9.97 Å². The summed E-state index contributed by atoms with van der Waals surface area (Å²) in [6.07, 6.45) is 1.75. The van der Waals surface area contributed by atoms with E-state index in [1.54, 1.807) is 6.92 Å². The van der Waals surface area contributed by atoms with E-state index in [4.69, 9.17) is 5.11 Å². The SMILES string of the molecule is CCc1cc(C#CC(C)O)ncn1. The zero-order valence-corrected chi connectivity index (χ0v) is 7.78. The van der Waals surface area contributed by atoms with E-state index >= 15 is 0 Å². The van der Waals surface area contributed by atoms with Crippen molar-refractivity contribution in [3.63, 3.8) is 0 Å². The molecule has 13 heavy (non-hydrogen) atoms. The number of aliphatic hydroxyl groups is 1. The molecule has 1 aromatic rings. The minimum Gasteiger partial charge on any atom is -0.381 e. The van der Waals surface area contributed by atoms with Gasteiger partial charge in [0.05, 0.1) is 0 Å². The molecule has 0 aliphatic heterocycles. The van der Waals surface area contributed by atoms with E-state index in [-0.39, 0.29) is 0 Å². The Balaban J connectivity index is 2.85.